The van der Waals surface area contributed by atoms with Crippen molar-refractivity contribution in [3.8, 4) is 5.88 Å². The van der Waals surface area contributed by atoms with Gasteiger partial charge in [0.05, 0.1) is 12.6 Å². The molecule has 0 saturated carbocycles. The van der Waals surface area contributed by atoms with E-state index >= 15 is 0 Å². The maximum atomic E-state index is 11.4. The van der Waals surface area contributed by atoms with Crippen molar-refractivity contribution in [1.82, 2.24) is 15.6 Å². The van der Waals surface area contributed by atoms with Gasteiger partial charge < -0.3 is 15.4 Å². The minimum atomic E-state index is 0.0112. The Morgan fingerprint density at radius 1 is 1.47 bits per heavy atom. The molecular formula is C14H23N3O2. The Bertz CT molecular complexity index is 394. The number of carbonyl (C=O) groups is 1. The highest BCUT2D eigenvalue weighted by atomic mass is 16.5. The Morgan fingerprint density at radius 3 is 2.95 bits per heavy atom. The molecule has 0 spiro atoms. The summed E-state index contributed by atoms with van der Waals surface area (Å²) in [5, 5.41) is 5.91. The molecule has 1 amide bonds. The second-order valence-corrected chi connectivity index (χ2v) is 4.59. The first-order valence-corrected chi connectivity index (χ1v) is 6.71. The van der Waals surface area contributed by atoms with E-state index in [1.54, 1.807) is 6.20 Å². The Balaban J connectivity index is 2.42. The van der Waals surface area contributed by atoms with Gasteiger partial charge in [-0.1, -0.05) is 13.0 Å². The van der Waals surface area contributed by atoms with Crippen LogP contribution in [-0.4, -0.2) is 30.1 Å². The number of aromatic nitrogens is 1. The number of amides is 1. The van der Waals surface area contributed by atoms with Gasteiger partial charge in [-0.25, -0.2) is 4.98 Å². The van der Waals surface area contributed by atoms with Crippen LogP contribution in [0.2, 0.25) is 0 Å². The summed E-state index contributed by atoms with van der Waals surface area (Å²) in [7, 11) is 0. The fourth-order valence-electron chi connectivity index (χ4n) is 1.53. The Kier molecular flexibility index (Phi) is 6.89. The molecule has 0 atom stereocenters. The number of rotatable bonds is 8. The Morgan fingerprint density at radius 2 is 2.26 bits per heavy atom. The fraction of sp³-hybridized carbons (Fsp3) is 0.571. The highest BCUT2D eigenvalue weighted by molar-refractivity contribution is 5.77. The standard InChI is InChI=1S/C14H23N3O2/c1-4-7-16-13(18)10-15-9-12-6-5-8-17-14(12)19-11(2)3/h5-6,8,11,15H,4,7,9-10H2,1-3H3,(H,16,18). The van der Waals surface area contributed by atoms with E-state index in [0.29, 0.717) is 19.0 Å². The summed E-state index contributed by atoms with van der Waals surface area (Å²) >= 11 is 0. The third kappa shape index (κ3) is 6.20. The lowest BCUT2D eigenvalue weighted by Crippen LogP contribution is -2.34. The summed E-state index contributed by atoms with van der Waals surface area (Å²) in [6.45, 7) is 7.54. The summed E-state index contributed by atoms with van der Waals surface area (Å²) in [6.07, 6.45) is 2.73. The van der Waals surface area contributed by atoms with Crippen LogP contribution in [-0.2, 0) is 11.3 Å². The normalized spacial score (nSPS) is 10.5. The molecule has 19 heavy (non-hydrogen) atoms. The van der Waals surface area contributed by atoms with Crippen molar-refractivity contribution < 1.29 is 9.53 Å². The quantitative estimate of drug-likeness (QED) is 0.747. The van der Waals surface area contributed by atoms with Crippen LogP contribution in [0.5, 0.6) is 5.88 Å². The van der Waals surface area contributed by atoms with Gasteiger partial charge in [0.15, 0.2) is 0 Å². The topological polar surface area (TPSA) is 63.2 Å². The third-order valence-corrected chi connectivity index (χ3v) is 2.37. The van der Waals surface area contributed by atoms with E-state index in [0.717, 1.165) is 18.5 Å². The number of nitrogens with one attached hydrogen (secondary N) is 2. The summed E-state index contributed by atoms with van der Waals surface area (Å²) in [5.74, 6) is 0.635. The van der Waals surface area contributed by atoms with Crippen molar-refractivity contribution in [2.24, 2.45) is 0 Å². The minimum Gasteiger partial charge on any atom is -0.475 e. The number of hydrogen-bond donors (Lipinski definition) is 2. The van der Waals surface area contributed by atoms with Crippen LogP contribution >= 0.6 is 0 Å². The van der Waals surface area contributed by atoms with Crippen LogP contribution < -0.4 is 15.4 Å². The van der Waals surface area contributed by atoms with Gasteiger partial charge in [-0.05, 0) is 26.3 Å². The van der Waals surface area contributed by atoms with E-state index in [4.69, 9.17) is 4.74 Å². The van der Waals surface area contributed by atoms with Gasteiger partial charge >= 0.3 is 0 Å². The minimum absolute atomic E-state index is 0.0112. The maximum absolute atomic E-state index is 11.4. The molecule has 0 aliphatic carbocycles. The van der Waals surface area contributed by atoms with Crippen LogP contribution in [0.4, 0.5) is 0 Å². The summed E-state index contributed by atoms with van der Waals surface area (Å²) in [5.41, 5.74) is 0.958. The molecule has 0 bridgehead atoms. The van der Waals surface area contributed by atoms with Crippen LogP contribution in [0.15, 0.2) is 18.3 Å². The first-order chi connectivity index (χ1) is 9.13. The van der Waals surface area contributed by atoms with Gasteiger partial charge in [-0.3, -0.25) is 4.79 Å². The monoisotopic (exact) mass is 265 g/mol. The van der Waals surface area contributed by atoms with E-state index in [2.05, 4.69) is 15.6 Å². The van der Waals surface area contributed by atoms with Crippen LogP contribution in [0.3, 0.4) is 0 Å². The van der Waals surface area contributed by atoms with Crippen molar-refractivity contribution in [3.05, 3.63) is 23.9 Å². The second-order valence-electron chi connectivity index (χ2n) is 4.59. The smallest absolute Gasteiger partial charge is 0.233 e. The fourth-order valence-corrected chi connectivity index (χ4v) is 1.53. The molecule has 5 heteroatoms. The lowest BCUT2D eigenvalue weighted by atomic mass is 10.2. The third-order valence-electron chi connectivity index (χ3n) is 2.37. The predicted octanol–water partition coefficient (Wildman–Crippen LogP) is 1.48. The molecule has 0 fully saturated rings. The molecule has 0 radical (unpaired) electrons. The van der Waals surface area contributed by atoms with Gasteiger partial charge in [0, 0.05) is 24.8 Å². The number of pyridine rings is 1. The number of hydrogen-bond acceptors (Lipinski definition) is 4. The van der Waals surface area contributed by atoms with E-state index in [9.17, 15) is 4.79 Å². The SMILES string of the molecule is CCCNC(=O)CNCc1cccnc1OC(C)C. The Labute approximate surface area is 114 Å². The zero-order valence-corrected chi connectivity index (χ0v) is 11.9. The largest absolute Gasteiger partial charge is 0.475 e. The van der Waals surface area contributed by atoms with Gasteiger partial charge in [0.2, 0.25) is 11.8 Å². The molecule has 106 valence electrons. The van der Waals surface area contributed by atoms with Crippen molar-refractivity contribution in [2.75, 3.05) is 13.1 Å². The van der Waals surface area contributed by atoms with E-state index < -0.39 is 0 Å². The average Bonchev–Trinajstić information content (AvgIpc) is 2.38. The van der Waals surface area contributed by atoms with Crippen molar-refractivity contribution >= 4 is 5.91 Å². The Hall–Kier alpha value is -1.62. The van der Waals surface area contributed by atoms with E-state index in [1.807, 2.05) is 32.9 Å². The zero-order chi connectivity index (χ0) is 14.1. The van der Waals surface area contributed by atoms with Crippen LogP contribution in [0, 0.1) is 0 Å². The highest BCUT2D eigenvalue weighted by Gasteiger charge is 2.07. The second kappa shape index (κ2) is 8.48. The average molecular weight is 265 g/mol. The molecule has 1 rings (SSSR count). The number of ether oxygens (including phenoxy) is 1. The van der Waals surface area contributed by atoms with Gasteiger partial charge in [-0.15, -0.1) is 0 Å². The van der Waals surface area contributed by atoms with Crippen molar-refractivity contribution in [3.63, 3.8) is 0 Å². The molecule has 1 aromatic rings. The first kappa shape index (κ1) is 15.4. The summed E-state index contributed by atoms with van der Waals surface area (Å²) in [4.78, 5) is 15.6. The van der Waals surface area contributed by atoms with Crippen LogP contribution in [0.25, 0.3) is 0 Å². The molecule has 0 aromatic carbocycles. The molecule has 0 unspecified atom stereocenters. The molecule has 0 aliphatic rings. The first-order valence-electron chi connectivity index (χ1n) is 6.71. The molecule has 1 aromatic heterocycles. The van der Waals surface area contributed by atoms with Gasteiger partial charge in [0.25, 0.3) is 0 Å². The molecular weight excluding hydrogens is 242 g/mol. The number of nitrogens with zero attached hydrogens (tertiary/aromatic N) is 1. The summed E-state index contributed by atoms with van der Waals surface area (Å²) in [6, 6.07) is 3.81. The molecule has 1 heterocycles. The van der Waals surface area contributed by atoms with Crippen LogP contribution in [0.1, 0.15) is 32.8 Å². The van der Waals surface area contributed by atoms with Gasteiger partial charge in [0.1, 0.15) is 0 Å². The van der Waals surface area contributed by atoms with Crippen molar-refractivity contribution in [2.45, 2.75) is 39.8 Å². The van der Waals surface area contributed by atoms with Gasteiger partial charge in [-0.2, -0.15) is 0 Å². The lowest BCUT2D eigenvalue weighted by Gasteiger charge is -2.13. The van der Waals surface area contributed by atoms with Crippen molar-refractivity contribution in [1.29, 1.82) is 0 Å². The summed E-state index contributed by atoms with van der Waals surface area (Å²) < 4.78 is 5.62. The highest BCUT2D eigenvalue weighted by Crippen LogP contribution is 2.15. The van der Waals surface area contributed by atoms with E-state index in [-0.39, 0.29) is 12.0 Å². The molecule has 5 nitrogen and oxygen atoms in total. The predicted molar refractivity (Wildman–Crippen MR) is 75.0 cm³/mol. The molecule has 2 N–H and O–H groups in total. The molecule has 0 aliphatic heterocycles. The maximum Gasteiger partial charge on any atom is 0.233 e. The molecule has 0 saturated heterocycles. The lowest BCUT2D eigenvalue weighted by molar-refractivity contribution is -0.120. The number of carbonyl (C=O) groups excluding carboxylic acids is 1. The van der Waals surface area contributed by atoms with E-state index in [1.165, 1.54) is 0 Å². The zero-order valence-electron chi connectivity index (χ0n) is 11.9.